The number of hydrogen-bond acceptors (Lipinski definition) is 4. The summed E-state index contributed by atoms with van der Waals surface area (Å²) in [5, 5.41) is 0. The maximum atomic E-state index is 11.5. The molecule has 0 spiro atoms. The Kier molecular flexibility index (Phi) is 11.8. The Morgan fingerprint density at radius 3 is 2.44 bits per heavy atom. The number of rotatable bonds is 9. The van der Waals surface area contributed by atoms with Gasteiger partial charge in [0.25, 0.3) is 0 Å². The van der Waals surface area contributed by atoms with E-state index in [1.165, 1.54) is 7.11 Å². The smallest absolute Gasteiger partial charge is 0.335 e. The van der Waals surface area contributed by atoms with Crippen LogP contribution in [0.5, 0.6) is 0 Å². The van der Waals surface area contributed by atoms with Crippen molar-refractivity contribution >= 4 is 20.2 Å². The molecule has 101 valence electrons. The molecule has 0 aliphatic carbocycles. The second-order valence-electron chi connectivity index (χ2n) is 4.06. The van der Waals surface area contributed by atoms with Crippen molar-refractivity contribution in [2.24, 2.45) is 0 Å². The lowest BCUT2D eigenvalue weighted by Gasteiger charge is -2.18. The van der Waals surface area contributed by atoms with Crippen LogP contribution in [0, 0.1) is 0 Å². The van der Waals surface area contributed by atoms with Crippen LogP contribution in [0.15, 0.2) is 12.7 Å². The molecule has 0 rings (SSSR count). The molecule has 0 bridgehead atoms. The average Bonchev–Trinajstić information content (AvgIpc) is 2.27. The lowest BCUT2D eigenvalue weighted by molar-refractivity contribution is -0.160. The summed E-state index contributed by atoms with van der Waals surface area (Å²) in [5.74, 6) is -0.221. The maximum Gasteiger partial charge on any atom is 0.335 e. The molecule has 0 heterocycles. The van der Waals surface area contributed by atoms with Crippen molar-refractivity contribution in [3.05, 3.63) is 12.7 Å². The summed E-state index contributed by atoms with van der Waals surface area (Å²) in [6.07, 6.45) is 3.46. The second-order valence-corrected chi connectivity index (χ2v) is 4.06. The van der Waals surface area contributed by atoms with Gasteiger partial charge in [-0.25, -0.2) is 4.79 Å². The predicted octanol–water partition coefficient (Wildman–Crippen LogP) is 1.89. The number of Topliss-reactive ketones (excluding diaryl/α,β-unsaturated/α-hetero) is 1. The highest BCUT2D eigenvalue weighted by atomic mass is 16.6. The average molecular weight is 253 g/mol. The van der Waals surface area contributed by atoms with Gasteiger partial charge in [0.15, 0.2) is 6.10 Å². The van der Waals surface area contributed by atoms with Gasteiger partial charge < -0.3 is 14.3 Å². The minimum absolute atomic E-state index is 0. The number of ketones is 1. The molecule has 0 saturated carbocycles. The number of carbonyl (C=O) groups is 2. The van der Waals surface area contributed by atoms with Crippen LogP contribution in [0.25, 0.3) is 0 Å². The van der Waals surface area contributed by atoms with Crippen molar-refractivity contribution in [3.63, 3.8) is 0 Å². The molecule has 5 heteroatoms. The van der Waals surface area contributed by atoms with Gasteiger partial charge in [0.1, 0.15) is 11.9 Å². The van der Waals surface area contributed by atoms with E-state index in [4.69, 9.17) is 9.47 Å². The van der Waals surface area contributed by atoms with Crippen molar-refractivity contribution < 1.29 is 19.1 Å². The number of esters is 1. The quantitative estimate of drug-likeness (QED) is 0.357. The van der Waals surface area contributed by atoms with Crippen molar-refractivity contribution in [2.45, 2.75) is 51.7 Å². The van der Waals surface area contributed by atoms with Crippen molar-refractivity contribution in [1.82, 2.24) is 0 Å². The highest BCUT2D eigenvalue weighted by molar-refractivity contribution is 5.76. The molecule has 0 saturated heterocycles. The zero-order chi connectivity index (χ0) is 13.3. The molecule has 3 radical (unpaired) electrons. The number of methoxy groups -OCH3 is 1. The molecule has 0 aromatic heterocycles. The SMILES string of the molecule is C=CCC(CCCC(C)=O)OC(=O)C(C)OC.[B]. The third-order valence-corrected chi connectivity index (χ3v) is 2.45. The van der Waals surface area contributed by atoms with Crippen LogP contribution in [0.2, 0.25) is 0 Å². The summed E-state index contributed by atoms with van der Waals surface area (Å²) < 4.78 is 10.2. The van der Waals surface area contributed by atoms with E-state index in [1.807, 2.05) is 0 Å². The lowest BCUT2D eigenvalue weighted by atomic mass is 10.1. The van der Waals surface area contributed by atoms with Crippen LogP contribution in [-0.2, 0) is 19.1 Å². The van der Waals surface area contributed by atoms with E-state index in [1.54, 1.807) is 19.9 Å². The third kappa shape index (κ3) is 8.99. The zero-order valence-corrected chi connectivity index (χ0v) is 11.5. The molecule has 0 fully saturated rings. The summed E-state index contributed by atoms with van der Waals surface area (Å²) in [5.41, 5.74) is 0. The second kappa shape index (κ2) is 11.0. The Hall–Kier alpha value is -1.10. The van der Waals surface area contributed by atoms with Crippen LogP contribution in [-0.4, -0.2) is 39.5 Å². The molecule has 0 aromatic rings. The van der Waals surface area contributed by atoms with Gasteiger partial charge in [0, 0.05) is 28.4 Å². The van der Waals surface area contributed by atoms with E-state index in [0.717, 1.165) is 6.42 Å². The van der Waals surface area contributed by atoms with Gasteiger partial charge in [-0.2, -0.15) is 0 Å². The van der Waals surface area contributed by atoms with E-state index in [2.05, 4.69) is 6.58 Å². The summed E-state index contributed by atoms with van der Waals surface area (Å²) in [7, 11) is 1.46. The molecule has 0 aromatic carbocycles. The van der Waals surface area contributed by atoms with Gasteiger partial charge in [-0.15, -0.1) is 6.58 Å². The summed E-state index contributed by atoms with van der Waals surface area (Å²) in [6, 6.07) is 0. The Morgan fingerprint density at radius 2 is 2.00 bits per heavy atom. The van der Waals surface area contributed by atoms with E-state index in [-0.39, 0.29) is 26.3 Å². The summed E-state index contributed by atoms with van der Waals surface area (Å²) in [4.78, 5) is 22.3. The highest BCUT2D eigenvalue weighted by Crippen LogP contribution is 2.11. The zero-order valence-electron chi connectivity index (χ0n) is 11.5. The highest BCUT2D eigenvalue weighted by Gasteiger charge is 2.18. The van der Waals surface area contributed by atoms with E-state index in [9.17, 15) is 9.59 Å². The Balaban J connectivity index is 0. The fraction of sp³-hybridized carbons (Fsp3) is 0.692. The monoisotopic (exact) mass is 253 g/mol. The molecule has 2 unspecified atom stereocenters. The van der Waals surface area contributed by atoms with Crippen LogP contribution >= 0.6 is 0 Å². The number of ether oxygens (including phenoxy) is 2. The van der Waals surface area contributed by atoms with Crippen LogP contribution in [0.1, 0.15) is 39.5 Å². The topological polar surface area (TPSA) is 52.6 Å². The first-order valence-corrected chi connectivity index (χ1v) is 5.84. The van der Waals surface area contributed by atoms with Gasteiger partial charge in [0.2, 0.25) is 0 Å². The van der Waals surface area contributed by atoms with Gasteiger partial charge in [-0.05, 0) is 26.7 Å². The molecule has 4 nitrogen and oxygen atoms in total. The summed E-state index contributed by atoms with van der Waals surface area (Å²) >= 11 is 0. The first-order valence-electron chi connectivity index (χ1n) is 5.84. The van der Waals surface area contributed by atoms with Gasteiger partial charge in [-0.3, -0.25) is 0 Å². The van der Waals surface area contributed by atoms with E-state index >= 15 is 0 Å². The summed E-state index contributed by atoms with van der Waals surface area (Å²) in [6.45, 7) is 6.83. The third-order valence-electron chi connectivity index (χ3n) is 2.45. The largest absolute Gasteiger partial charge is 0.460 e. The first-order chi connectivity index (χ1) is 8.01. The van der Waals surface area contributed by atoms with Crippen molar-refractivity contribution in [1.29, 1.82) is 0 Å². The van der Waals surface area contributed by atoms with Crippen LogP contribution in [0.4, 0.5) is 0 Å². The predicted molar refractivity (Wildman–Crippen MR) is 71.5 cm³/mol. The fourth-order valence-corrected chi connectivity index (χ4v) is 1.35. The van der Waals surface area contributed by atoms with Crippen molar-refractivity contribution in [2.75, 3.05) is 7.11 Å². The molecule has 2 atom stereocenters. The van der Waals surface area contributed by atoms with Gasteiger partial charge >= 0.3 is 5.97 Å². The Morgan fingerprint density at radius 1 is 1.39 bits per heavy atom. The standard InChI is InChI=1S/C13H22O4.B/c1-5-7-12(9-6-8-10(2)14)17-13(15)11(3)16-4;/h5,11-12H,1,6-9H2,2-4H3;. The molecule has 0 N–H and O–H groups in total. The molecule has 0 aliphatic rings. The molecule has 0 amide bonds. The van der Waals surface area contributed by atoms with E-state index in [0.29, 0.717) is 19.3 Å². The van der Waals surface area contributed by atoms with E-state index < -0.39 is 6.10 Å². The Bertz CT molecular complexity index is 266. The fourth-order valence-electron chi connectivity index (χ4n) is 1.35. The molecule has 18 heavy (non-hydrogen) atoms. The normalized spacial score (nSPS) is 13.1. The number of carbonyl (C=O) groups excluding carboxylic acids is 2. The Labute approximate surface area is 111 Å². The minimum atomic E-state index is -0.560. The van der Waals surface area contributed by atoms with Gasteiger partial charge in [0.05, 0.1) is 0 Å². The van der Waals surface area contributed by atoms with Crippen molar-refractivity contribution in [3.8, 4) is 0 Å². The van der Waals surface area contributed by atoms with Crippen LogP contribution in [0.3, 0.4) is 0 Å². The maximum absolute atomic E-state index is 11.5. The molecule has 0 aliphatic heterocycles. The van der Waals surface area contributed by atoms with Crippen LogP contribution < -0.4 is 0 Å². The minimum Gasteiger partial charge on any atom is -0.460 e. The molecular weight excluding hydrogens is 231 g/mol. The first kappa shape index (κ1) is 19.2. The van der Waals surface area contributed by atoms with Gasteiger partial charge in [-0.1, -0.05) is 6.08 Å². The molecular formula is C13H22BO4. The number of hydrogen-bond donors (Lipinski definition) is 0. The lowest BCUT2D eigenvalue weighted by Crippen LogP contribution is -2.27.